The van der Waals surface area contributed by atoms with E-state index in [4.69, 9.17) is 0 Å². The van der Waals surface area contributed by atoms with E-state index in [-0.39, 0.29) is 16.0 Å². The van der Waals surface area contributed by atoms with Crippen LogP contribution in [0.1, 0.15) is 35.2 Å². The van der Waals surface area contributed by atoms with Crippen LogP contribution in [0.5, 0.6) is 0 Å². The second-order valence-corrected chi connectivity index (χ2v) is 9.47. The smallest absolute Gasteiger partial charge is 0.321 e. The number of fused-ring (bicyclic) bond motifs is 1. The Labute approximate surface area is 183 Å². The van der Waals surface area contributed by atoms with Crippen molar-refractivity contribution in [1.82, 2.24) is 9.29 Å². The van der Waals surface area contributed by atoms with Crippen molar-refractivity contribution in [1.29, 1.82) is 0 Å². The zero-order valence-corrected chi connectivity index (χ0v) is 17.7. The molecule has 0 radical (unpaired) electrons. The lowest BCUT2D eigenvalue weighted by atomic mass is 10.1. The van der Waals surface area contributed by atoms with Gasteiger partial charge in [0.1, 0.15) is 0 Å². The van der Waals surface area contributed by atoms with Gasteiger partial charge in [0.15, 0.2) is 0 Å². The lowest BCUT2D eigenvalue weighted by molar-refractivity contribution is -0.137. The van der Waals surface area contributed by atoms with Gasteiger partial charge < -0.3 is 5.32 Å². The molecule has 2 heterocycles. The highest BCUT2D eigenvalue weighted by Crippen LogP contribution is 2.32. The Hall–Kier alpha value is -2.98. The molecule has 6 nitrogen and oxygen atoms in total. The minimum absolute atomic E-state index is 0.0978. The van der Waals surface area contributed by atoms with Gasteiger partial charge in [-0.3, -0.25) is 9.78 Å². The second kappa shape index (κ2) is 8.51. The van der Waals surface area contributed by atoms with Crippen LogP contribution in [0.25, 0.3) is 10.9 Å². The van der Waals surface area contributed by atoms with Crippen LogP contribution in [-0.2, 0) is 16.2 Å². The van der Waals surface area contributed by atoms with E-state index in [1.807, 2.05) is 0 Å². The van der Waals surface area contributed by atoms with Gasteiger partial charge in [-0.25, -0.2) is 8.42 Å². The molecule has 1 saturated heterocycles. The average molecular weight is 463 g/mol. The number of benzene rings is 2. The van der Waals surface area contributed by atoms with Crippen LogP contribution >= 0.6 is 0 Å². The summed E-state index contributed by atoms with van der Waals surface area (Å²) < 4.78 is 65.8. The number of halogens is 3. The molecular formula is C22H20F3N3O3S. The zero-order valence-electron chi connectivity index (χ0n) is 16.9. The lowest BCUT2D eigenvalue weighted by Crippen LogP contribution is -2.35. The molecule has 0 atom stereocenters. The Morgan fingerprint density at radius 3 is 2.31 bits per heavy atom. The highest BCUT2D eigenvalue weighted by Gasteiger charge is 2.31. The molecule has 0 saturated carbocycles. The van der Waals surface area contributed by atoms with Gasteiger partial charge in [0.2, 0.25) is 10.0 Å². The molecule has 1 N–H and O–H groups in total. The summed E-state index contributed by atoms with van der Waals surface area (Å²) in [5, 5.41) is 3.02. The molecule has 32 heavy (non-hydrogen) atoms. The molecule has 0 aliphatic carbocycles. The van der Waals surface area contributed by atoms with Crippen molar-refractivity contribution in [3.63, 3.8) is 0 Å². The van der Waals surface area contributed by atoms with Crippen molar-refractivity contribution in [2.75, 3.05) is 18.4 Å². The summed E-state index contributed by atoms with van der Waals surface area (Å²) in [5.41, 5.74) is -0.203. The molecule has 1 fully saturated rings. The number of amides is 1. The Balaban J connectivity index is 1.55. The number of rotatable bonds is 4. The van der Waals surface area contributed by atoms with Crippen LogP contribution in [0.4, 0.5) is 18.9 Å². The third kappa shape index (κ3) is 4.46. The number of piperidine rings is 1. The molecule has 2 aromatic carbocycles. The number of nitrogens with zero attached hydrogens (tertiary/aromatic N) is 2. The van der Waals surface area contributed by atoms with Crippen molar-refractivity contribution in [3.05, 3.63) is 65.9 Å². The zero-order chi connectivity index (χ0) is 22.9. The number of sulfonamides is 1. The molecule has 1 aromatic heterocycles. The standard InChI is InChI=1S/C22H20F3N3O3S/c23-22(24,25)16-6-9-18-19(10-11-26-20(18)14-16)27-21(29)15-4-7-17(8-5-15)32(30,31)28-12-2-1-3-13-28/h4-11,14H,1-3,12-13H2,(H,26,27,29). The van der Waals surface area contributed by atoms with E-state index in [2.05, 4.69) is 10.3 Å². The summed E-state index contributed by atoms with van der Waals surface area (Å²) >= 11 is 0. The van der Waals surface area contributed by atoms with Gasteiger partial charge in [0, 0.05) is 30.2 Å². The minimum atomic E-state index is -4.49. The van der Waals surface area contributed by atoms with Crippen molar-refractivity contribution in [2.45, 2.75) is 30.3 Å². The maximum Gasteiger partial charge on any atom is 0.416 e. The first-order chi connectivity index (χ1) is 15.2. The number of alkyl halides is 3. The van der Waals surface area contributed by atoms with Gasteiger partial charge in [-0.15, -0.1) is 0 Å². The summed E-state index contributed by atoms with van der Waals surface area (Å²) in [4.78, 5) is 16.7. The van der Waals surface area contributed by atoms with Gasteiger partial charge in [-0.1, -0.05) is 12.5 Å². The van der Waals surface area contributed by atoms with Gasteiger partial charge in [0.05, 0.1) is 21.7 Å². The first-order valence-electron chi connectivity index (χ1n) is 10.0. The molecule has 4 rings (SSSR count). The molecule has 1 aliphatic heterocycles. The largest absolute Gasteiger partial charge is 0.416 e. The van der Waals surface area contributed by atoms with Crippen LogP contribution in [0.3, 0.4) is 0 Å². The summed E-state index contributed by atoms with van der Waals surface area (Å²) in [6, 6.07) is 10.2. The third-order valence-electron chi connectivity index (χ3n) is 5.39. The average Bonchev–Trinajstić information content (AvgIpc) is 2.79. The monoisotopic (exact) mass is 463 g/mol. The maximum atomic E-state index is 12.9. The van der Waals surface area contributed by atoms with E-state index in [0.717, 1.165) is 31.4 Å². The quantitative estimate of drug-likeness (QED) is 0.609. The maximum absolute atomic E-state index is 12.9. The van der Waals surface area contributed by atoms with Crippen molar-refractivity contribution < 1.29 is 26.4 Å². The van der Waals surface area contributed by atoms with E-state index in [9.17, 15) is 26.4 Å². The van der Waals surface area contributed by atoms with E-state index in [1.165, 1.54) is 46.9 Å². The van der Waals surface area contributed by atoms with Crippen molar-refractivity contribution in [2.24, 2.45) is 0 Å². The molecule has 168 valence electrons. The Morgan fingerprint density at radius 2 is 1.66 bits per heavy atom. The van der Waals surface area contributed by atoms with Gasteiger partial charge in [-0.2, -0.15) is 17.5 Å². The first kappa shape index (κ1) is 22.2. The molecule has 10 heteroatoms. The Bertz CT molecular complexity index is 1250. The molecule has 1 aliphatic rings. The van der Waals surface area contributed by atoms with E-state index < -0.39 is 27.7 Å². The van der Waals surface area contributed by atoms with E-state index >= 15 is 0 Å². The number of hydrogen-bond acceptors (Lipinski definition) is 4. The minimum Gasteiger partial charge on any atom is -0.321 e. The molecule has 0 bridgehead atoms. The SMILES string of the molecule is O=C(Nc1ccnc2cc(C(F)(F)F)ccc12)c1ccc(S(=O)(=O)N2CCCCC2)cc1. The fraction of sp³-hybridized carbons (Fsp3) is 0.273. The lowest BCUT2D eigenvalue weighted by Gasteiger charge is -2.25. The normalized spacial score (nSPS) is 15.6. The predicted octanol–water partition coefficient (Wildman–Crippen LogP) is 4.68. The third-order valence-corrected chi connectivity index (χ3v) is 7.30. The topological polar surface area (TPSA) is 79.4 Å². The second-order valence-electron chi connectivity index (χ2n) is 7.53. The molecular weight excluding hydrogens is 443 g/mol. The highest BCUT2D eigenvalue weighted by molar-refractivity contribution is 7.89. The fourth-order valence-corrected chi connectivity index (χ4v) is 5.18. The number of pyridine rings is 1. The molecule has 0 unspecified atom stereocenters. The van der Waals surface area contributed by atoms with Crippen molar-refractivity contribution in [3.8, 4) is 0 Å². The Morgan fingerprint density at radius 1 is 0.969 bits per heavy atom. The van der Waals surface area contributed by atoms with Gasteiger partial charge in [0.25, 0.3) is 5.91 Å². The fourth-order valence-electron chi connectivity index (χ4n) is 3.66. The number of nitrogens with one attached hydrogen (secondary N) is 1. The highest BCUT2D eigenvalue weighted by atomic mass is 32.2. The van der Waals surface area contributed by atoms with Crippen LogP contribution in [-0.4, -0.2) is 36.7 Å². The van der Waals surface area contributed by atoms with Gasteiger partial charge in [-0.05, 0) is 55.3 Å². The van der Waals surface area contributed by atoms with E-state index in [0.29, 0.717) is 24.2 Å². The summed E-state index contributed by atoms with van der Waals surface area (Å²) in [6.07, 6.45) is -0.529. The van der Waals surface area contributed by atoms with Crippen LogP contribution in [0, 0.1) is 0 Å². The number of carbonyl (C=O) groups is 1. The molecule has 3 aromatic rings. The number of carbonyl (C=O) groups excluding carboxylic acids is 1. The van der Waals surface area contributed by atoms with E-state index in [1.54, 1.807) is 0 Å². The molecule has 1 amide bonds. The summed E-state index contributed by atoms with van der Waals surface area (Å²) in [7, 11) is -3.61. The number of hydrogen-bond donors (Lipinski definition) is 1. The Kier molecular flexibility index (Phi) is 5.91. The summed E-state index contributed by atoms with van der Waals surface area (Å²) in [5.74, 6) is -0.515. The number of anilines is 1. The predicted molar refractivity (Wildman–Crippen MR) is 114 cm³/mol. The number of aromatic nitrogens is 1. The van der Waals surface area contributed by atoms with Gasteiger partial charge >= 0.3 is 6.18 Å². The first-order valence-corrected chi connectivity index (χ1v) is 11.5. The van der Waals surface area contributed by atoms with Crippen LogP contribution < -0.4 is 5.32 Å². The summed E-state index contributed by atoms with van der Waals surface area (Å²) in [6.45, 7) is 0.964. The van der Waals surface area contributed by atoms with Crippen LogP contribution in [0.15, 0.2) is 59.6 Å². The van der Waals surface area contributed by atoms with Crippen molar-refractivity contribution >= 4 is 32.5 Å². The molecule has 0 spiro atoms. The van der Waals surface area contributed by atoms with Crippen LogP contribution in [0.2, 0.25) is 0 Å².